The monoisotopic (exact) mass is 320 g/mol. The molecular formula is C17H20O6. The van der Waals surface area contributed by atoms with E-state index in [2.05, 4.69) is 0 Å². The molecule has 0 radical (unpaired) electrons. The number of para-hydroxylation sites is 1. The van der Waals surface area contributed by atoms with Crippen molar-refractivity contribution in [2.45, 2.75) is 20.3 Å². The van der Waals surface area contributed by atoms with Crippen LogP contribution in [0.2, 0.25) is 0 Å². The molecule has 6 nitrogen and oxygen atoms in total. The van der Waals surface area contributed by atoms with Crippen LogP contribution in [0.1, 0.15) is 20.3 Å². The topological polar surface area (TPSA) is 93.1 Å². The fourth-order valence-electron chi connectivity index (χ4n) is 1.79. The summed E-state index contributed by atoms with van der Waals surface area (Å²) in [5.74, 6) is -1.32. The van der Waals surface area contributed by atoms with Gasteiger partial charge in [-0.15, -0.1) is 0 Å². The smallest absolute Gasteiger partial charge is 0.331 e. The van der Waals surface area contributed by atoms with Crippen molar-refractivity contribution >= 4 is 11.9 Å². The summed E-state index contributed by atoms with van der Waals surface area (Å²) < 4.78 is 0. The van der Waals surface area contributed by atoms with E-state index in [4.69, 9.17) is 20.0 Å². The number of rotatable bonds is 5. The molecule has 1 atom stereocenters. The minimum Gasteiger partial charge on any atom is -0.481 e. The maximum atomic E-state index is 10.8. The molecule has 23 heavy (non-hydrogen) atoms. The Labute approximate surface area is 134 Å². The lowest BCUT2D eigenvalue weighted by molar-refractivity contribution is -0.202. The maximum absolute atomic E-state index is 10.8. The van der Waals surface area contributed by atoms with Gasteiger partial charge in [0.2, 0.25) is 0 Å². The second kappa shape index (κ2) is 8.75. The lowest BCUT2D eigenvalue weighted by Crippen LogP contribution is -2.28. The lowest BCUT2D eigenvalue weighted by atomic mass is 9.80. The number of hydrogen-bond acceptors (Lipinski definition) is 4. The van der Waals surface area contributed by atoms with Crippen molar-refractivity contribution in [1.29, 1.82) is 0 Å². The van der Waals surface area contributed by atoms with Gasteiger partial charge in [-0.05, 0) is 32.4 Å². The van der Waals surface area contributed by atoms with Gasteiger partial charge in [0.05, 0.1) is 12.0 Å². The molecule has 0 amide bonds. The SMILES string of the molecule is CC1(C(=O)O)C=CC=C(C(=O)O)C1.CCOOc1ccccc1. The number of carboxylic acid groups (broad SMARTS) is 2. The van der Waals surface area contributed by atoms with Gasteiger partial charge < -0.3 is 15.1 Å². The molecule has 1 aliphatic carbocycles. The fraction of sp³-hybridized carbons (Fsp3) is 0.294. The molecule has 2 rings (SSSR count). The van der Waals surface area contributed by atoms with Crippen LogP contribution in [0, 0.1) is 5.41 Å². The minimum absolute atomic E-state index is 0.0359. The van der Waals surface area contributed by atoms with E-state index in [1.165, 1.54) is 25.2 Å². The Bertz CT molecular complexity index is 590. The van der Waals surface area contributed by atoms with Gasteiger partial charge in [0.1, 0.15) is 0 Å². The van der Waals surface area contributed by atoms with Gasteiger partial charge in [0.15, 0.2) is 5.75 Å². The summed E-state index contributed by atoms with van der Waals surface area (Å²) in [6.07, 6.45) is 4.43. The third-order valence-electron chi connectivity index (χ3n) is 3.10. The van der Waals surface area contributed by atoms with Gasteiger partial charge in [0.25, 0.3) is 0 Å². The van der Waals surface area contributed by atoms with E-state index < -0.39 is 17.4 Å². The summed E-state index contributed by atoms with van der Waals surface area (Å²) in [4.78, 5) is 30.9. The van der Waals surface area contributed by atoms with Crippen LogP contribution in [0.4, 0.5) is 0 Å². The minimum atomic E-state index is -1.08. The van der Waals surface area contributed by atoms with Gasteiger partial charge in [-0.1, -0.05) is 36.4 Å². The molecule has 0 spiro atoms. The summed E-state index contributed by atoms with van der Waals surface area (Å²) >= 11 is 0. The largest absolute Gasteiger partial charge is 0.481 e. The van der Waals surface area contributed by atoms with Crippen LogP contribution in [0.5, 0.6) is 5.75 Å². The molecule has 1 unspecified atom stereocenters. The Kier molecular flexibility index (Phi) is 7.02. The summed E-state index contributed by atoms with van der Waals surface area (Å²) in [6, 6.07) is 9.41. The third-order valence-corrected chi connectivity index (χ3v) is 3.10. The zero-order chi connectivity index (χ0) is 17.3. The van der Waals surface area contributed by atoms with Crippen molar-refractivity contribution in [2.75, 3.05) is 6.61 Å². The number of allylic oxidation sites excluding steroid dienone is 2. The molecule has 0 fully saturated rings. The molecule has 0 saturated carbocycles. The molecule has 124 valence electrons. The normalized spacial score (nSPS) is 19.1. The molecule has 0 saturated heterocycles. The van der Waals surface area contributed by atoms with E-state index in [1.54, 1.807) is 0 Å². The van der Waals surface area contributed by atoms with E-state index in [0.29, 0.717) is 6.61 Å². The van der Waals surface area contributed by atoms with Crippen LogP contribution < -0.4 is 4.89 Å². The highest BCUT2D eigenvalue weighted by Gasteiger charge is 2.34. The van der Waals surface area contributed by atoms with Crippen LogP contribution >= 0.6 is 0 Å². The summed E-state index contributed by atoms with van der Waals surface area (Å²) in [6.45, 7) is 3.94. The van der Waals surface area contributed by atoms with E-state index in [0.717, 1.165) is 5.75 Å². The third kappa shape index (κ3) is 5.96. The van der Waals surface area contributed by atoms with Crippen LogP contribution in [-0.2, 0) is 14.5 Å². The average molecular weight is 320 g/mol. The van der Waals surface area contributed by atoms with Crippen molar-refractivity contribution in [3.8, 4) is 5.75 Å². The lowest BCUT2D eigenvalue weighted by Gasteiger charge is -2.23. The molecule has 1 aliphatic rings. The van der Waals surface area contributed by atoms with Crippen molar-refractivity contribution in [3.63, 3.8) is 0 Å². The first kappa shape index (κ1) is 18.4. The van der Waals surface area contributed by atoms with Gasteiger partial charge in [-0.25, -0.2) is 4.79 Å². The van der Waals surface area contributed by atoms with E-state index in [9.17, 15) is 9.59 Å². The van der Waals surface area contributed by atoms with Crippen LogP contribution in [0.3, 0.4) is 0 Å². The second-order valence-corrected chi connectivity index (χ2v) is 5.06. The molecule has 2 N–H and O–H groups in total. The molecule has 6 heteroatoms. The number of hydrogen-bond donors (Lipinski definition) is 2. The predicted molar refractivity (Wildman–Crippen MR) is 83.9 cm³/mol. The van der Waals surface area contributed by atoms with Crippen molar-refractivity contribution in [3.05, 3.63) is 54.1 Å². The fourth-order valence-corrected chi connectivity index (χ4v) is 1.79. The first-order valence-corrected chi connectivity index (χ1v) is 7.08. The standard InChI is InChI=1S/C9H10O4.C8H10O2/c1-9(8(12)13)4-2-3-6(5-9)7(10)11;1-2-9-10-8-6-4-3-5-7-8/h2-4H,5H2,1H3,(H,10,11)(H,12,13);3-7H,2H2,1H3. The highest BCUT2D eigenvalue weighted by molar-refractivity contribution is 5.90. The summed E-state index contributed by atoms with van der Waals surface area (Å²) in [5.41, 5.74) is -0.949. The Morgan fingerprint density at radius 3 is 2.39 bits per heavy atom. The highest BCUT2D eigenvalue weighted by Crippen LogP contribution is 2.31. The molecule has 0 aliphatic heterocycles. The average Bonchev–Trinajstić information content (AvgIpc) is 2.54. The van der Waals surface area contributed by atoms with E-state index in [1.807, 2.05) is 37.3 Å². The van der Waals surface area contributed by atoms with Crippen LogP contribution in [-0.4, -0.2) is 28.8 Å². The molecule has 0 heterocycles. The molecular weight excluding hydrogens is 300 g/mol. The Hall–Kier alpha value is -2.60. The van der Waals surface area contributed by atoms with Gasteiger partial charge in [-0.3, -0.25) is 4.79 Å². The Morgan fingerprint density at radius 1 is 1.22 bits per heavy atom. The Balaban J connectivity index is 0.000000238. The molecule has 0 bridgehead atoms. The number of aliphatic carboxylic acids is 2. The zero-order valence-corrected chi connectivity index (χ0v) is 13.1. The predicted octanol–water partition coefficient (Wildman–Crippen LogP) is 3.07. The number of benzene rings is 1. The zero-order valence-electron chi connectivity index (χ0n) is 13.1. The van der Waals surface area contributed by atoms with Gasteiger partial charge in [0, 0.05) is 5.57 Å². The van der Waals surface area contributed by atoms with Gasteiger partial charge >= 0.3 is 11.9 Å². The highest BCUT2D eigenvalue weighted by atomic mass is 17.2. The molecule has 1 aromatic carbocycles. The second-order valence-electron chi connectivity index (χ2n) is 5.06. The van der Waals surface area contributed by atoms with Crippen molar-refractivity contribution < 1.29 is 29.6 Å². The molecule has 0 aromatic heterocycles. The quantitative estimate of drug-likeness (QED) is 0.640. The van der Waals surface area contributed by atoms with Crippen LogP contribution in [0.15, 0.2) is 54.1 Å². The van der Waals surface area contributed by atoms with Crippen molar-refractivity contribution in [1.82, 2.24) is 0 Å². The van der Waals surface area contributed by atoms with E-state index in [-0.39, 0.29) is 12.0 Å². The maximum Gasteiger partial charge on any atom is 0.331 e. The Morgan fingerprint density at radius 2 is 1.87 bits per heavy atom. The number of carboxylic acids is 2. The van der Waals surface area contributed by atoms with E-state index >= 15 is 0 Å². The van der Waals surface area contributed by atoms with Crippen molar-refractivity contribution in [2.24, 2.45) is 5.41 Å². The first-order valence-electron chi connectivity index (χ1n) is 7.08. The van der Waals surface area contributed by atoms with Gasteiger partial charge in [-0.2, -0.15) is 4.89 Å². The first-order chi connectivity index (χ1) is 10.9. The van der Waals surface area contributed by atoms with Crippen LogP contribution in [0.25, 0.3) is 0 Å². The number of carbonyl (C=O) groups is 2. The molecule has 1 aromatic rings. The summed E-state index contributed by atoms with van der Waals surface area (Å²) in [5, 5.41) is 17.5. The summed E-state index contributed by atoms with van der Waals surface area (Å²) in [7, 11) is 0.